The van der Waals surface area contributed by atoms with Crippen molar-refractivity contribution in [2.75, 3.05) is 0 Å². The first-order chi connectivity index (χ1) is 11.4. The van der Waals surface area contributed by atoms with Gasteiger partial charge in [-0.15, -0.1) is 0 Å². The third kappa shape index (κ3) is 3.26. The number of fused-ring (bicyclic) bond motifs is 1. The molecule has 124 valence electrons. The number of hydrogen-bond donors (Lipinski definition) is 0. The zero-order valence-electron chi connectivity index (χ0n) is 13.8. The molecule has 0 aliphatic heterocycles. The summed E-state index contributed by atoms with van der Waals surface area (Å²) in [5.74, 6) is 0.286. The Labute approximate surface area is 144 Å². The van der Waals surface area contributed by atoms with E-state index in [4.69, 9.17) is 16.3 Å². The van der Waals surface area contributed by atoms with Crippen molar-refractivity contribution in [3.05, 3.63) is 63.7 Å². The van der Waals surface area contributed by atoms with Crippen molar-refractivity contribution in [3.8, 4) is 5.75 Å². The summed E-state index contributed by atoms with van der Waals surface area (Å²) in [6.07, 6.45) is 3.24. The van der Waals surface area contributed by atoms with Crippen molar-refractivity contribution in [1.29, 1.82) is 0 Å². The lowest BCUT2D eigenvalue weighted by atomic mass is 10.1. The molecule has 0 spiro atoms. The van der Waals surface area contributed by atoms with Gasteiger partial charge in [0.25, 0.3) is 5.56 Å². The zero-order chi connectivity index (χ0) is 17.3. The Bertz CT molecular complexity index is 945. The van der Waals surface area contributed by atoms with Crippen LogP contribution in [0.5, 0.6) is 5.75 Å². The van der Waals surface area contributed by atoms with Crippen molar-refractivity contribution >= 4 is 22.5 Å². The minimum Gasteiger partial charge on any atom is -0.485 e. The van der Waals surface area contributed by atoms with E-state index >= 15 is 0 Å². The molecule has 24 heavy (non-hydrogen) atoms. The highest BCUT2D eigenvalue weighted by atomic mass is 35.5. The van der Waals surface area contributed by atoms with E-state index in [-0.39, 0.29) is 16.3 Å². The molecule has 3 aromatic rings. The molecular formula is C18H18ClN3O2. The first kappa shape index (κ1) is 16.5. The Kier molecular flexibility index (Phi) is 4.28. The van der Waals surface area contributed by atoms with E-state index in [2.05, 4.69) is 10.1 Å². The monoisotopic (exact) mass is 343 g/mol. The summed E-state index contributed by atoms with van der Waals surface area (Å²) in [7, 11) is 0. The van der Waals surface area contributed by atoms with Gasteiger partial charge in [0, 0.05) is 11.6 Å². The van der Waals surface area contributed by atoms with Gasteiger partial charge in [-0.3, -0.25) is 9.78 Å². The molecule has 0 bridgehead atoms. The van der Waals surface area contributed by atoms with Crippen molar-refractivity contribution in [1.82, 2.24) is 14.8 Å². The number of aromatic nitrogens is 3. The minimum absolute atomic E-state index is 0.0439. The summed E-state index contributed by atoms with van der Waals surface area (Å²) < 4.78 is 7.04. The number of hydrogen-bond acceptors (Lipinski definition) is 4. The molecule has 6 heteroatoms. The van der Waals surface area contributed by atoms with Gasteiger partial charge in [-0.05, 0) is 44.5 Å². The Morgan fingerprint density at radius 3 is 2.79 bits per heavy atom. The van der Waals surface area contributed by atoms with Crippen LogP contribution in [0.3, 0.4) is 0 Å². The number of pyridine rings is 1. The maximum atomic E-state index is 12.3. The van der Waals surface area contributed by atoms with Crippen LogP contribution in [0.15, 0.2) is 47.5 Å². The van der Waals surface area contributed by atoms with E-state index < -0.39 is 5.54 Å². The molecular weight excluding hydrogens is 326 g/mol. The van der Waals surface area contributed by atoms with Crippen LogP contribution >= 0.6 is 11.6 Å². The van der Waals surface area contributed by atoms with Crippen molar-refractivity contribution < 1.29 is 4.74 Å². The fraction of sp³-hybridized carbons (Fsp3) is 0.278. The summed E-state index contributed by atoms with van der Waals surface area (Å²) in [4.78, 5) is 16.6. The fourth-order valence-electron chi connectivity index (χ4n) is 2.37. The average molecular weight is 344 g/mol. The van der Waals surface area contributed by atoms with Crippen molar-refractivity contribution in [3.63, 3.8) is 0 Å². The van der Waals surface area contributed by atoms with Gasteiger partial charge in [0.2, 0.25) is 0 Å². The number of benzene rings is 1. The van der Waals surface area contributed by atoms with Gasteiger partial charge in [-0.25, -0.2) is 4.68 Å². The van der Waals surface area contributed by atoms with E-state index in [1.165, 1.54) is 10.9 Å². The molecule has 0 aliphatic carbocycles. The molecule has 0 aliphatic rings. The molecule has 0 N–H and O–H groups in total. The standard InChI is InChI=1S/C18H18ClN3O2/c1-18(2,3)22-17(23)16(19)15(10-21-22)24-11-12-6-7-14-13(9-12)5-4-8-20-14/h4-10H,11H2,1-3H3. The smallest absolute Gasteiger partial charge is 0.289 e. The largest absolute Gasteiger partial charge is 0.485 e. The van der Waals surface area contributed by atoms with Gasteiger partial charge >= 0.3 is 0 Å². The predicted molar refractivity (Wildman–Crippen MR) is 94.6 cm³/mol. The zero-order valence-corrected chi connectivity index (χ0v) is 14.5. The molecule has 1 aromatic carbocycles. The fourth-order valence-corrected chi connectivity index (χ4v) is 2.56. The summed E-state index contributed by atoms with van der Waals surface area (Å²) in [5, 5.41) is 5.23. The lowest BCUT2D eigenvalue weighted by Gasteiger charge is -2.21. The van der Waals surface area contributed by atoms with Gasteiger partial charge in [0.1, 0.15) is 6.61 Å². The predicted octanol–water partition coefficient (Wildman–Crippen LogP) is 3.78. The summed E-state index contributed by atoms with van der Waals surface area (Å²) in [6.45, 7) is 5.97. The lowest BCUT2D eigenvalue weighted by Crippen LogP contribution is -2.36. The number of ether oxygens (including phenoxy) is 1. The number of halogens is 1. The van der Waals surface area contributed by atoms with Crippen LogP contribution in [0.1, 0.15) is 26.3 Å². The van der Waals surface area contributed by atoms with E-state index in [9.17, 15) is 4.79 Å². The van der Waals surface area contributed by atoms with Gasteiger partial charge < -0.3 is 4.74 Å². The maximum absolute atomic E-state index is 12.3. The lowest BCUT2D eigenvalue weighted by molar-refractivity contribution is 0.292. The second-order valence-corrected chi connectivity index (χ2v) is 6.91. The molecule has 0 atom stereocenters. The van der Waals surface area contributed by atoms with Crippen LogP contribution in [0.2, 0.25) is 5.02 Å². The van der Waals surface area contributed by atoms with Crippen LogP contribution in [0.25, 0.3) is 10.9 Å². The molecule has 3 rings (SSSR count). The van der Waals surface area contributed by atoms with Gasteiger partial charge in [0.15, 0.2) is 10.8 Å². The van der Waals surface area contributed by atoms with Crippen molar-refractivity contribution in [2.24, 2.45) is 0 Å². The SMILES string of the molecule is CC(C)(C)n1ncc(OCc2ccc3ncccc3c2)c(Cl)c1=O. The first-order valence-electron chi connectivity index (χ1n) is 7.61. The van der Waals surface area contributed by atoms with E-state index in [1.807, 2.05) is 51.1 Å². The Morgan fingerprint density at radius 1 is 1.25 bits per heavy atom. The van der Waals surface area contributed by atoms with Crippen LogP contribution in [0, 0.1) is 0 Å². The van der Waals surface area contributed by atoms with Crippen LogP contribution in [-0.2, 0) is 12.1 Å². The third-order valence-corrected chi connectivity index (χ3v) is 3.93. The van der Waals surface area contributed by atoms with E-state index in [0.717, 1.165) is 16.5 Å². The highest BCUT2D eigenvalue weighted by Crippen LogP contribution is 2.22. The molecule has 0 saturated carbocycles. The second kappa shape index (κ2) is 6.24. The van der Waals surface area contributed by atoms with E-state index in [1.54, 1.807) is 6.20 Å². The number of nitrogens with zero attached hydrogens (tertiary/aromatic N) is 3. The van der Waals surface area contributed by atoms with E-state index in [0.29, 0.717) is 6.61 Å². The second-order valence-electron chi connectivity index (χ2n) is 6.53. The molecule has 0 unspecified atom stereocenters. The Morgan fingerprint density at radius 2 is 2.04 bits per heavy atom. The highest BCUT2D eigenvalue weighted by molar-refractivity contribution is 6.31. The Hall–Kier alpha value is -2.40. The minimum atomic E-state index is -0.440. The topological polar surface area (TPSA) is 57.0 Å². The molecule has 5 nitrogen and oxygen atoms in total. The molecule has 0 fully saturated rings. The summed E-state index contributed by atoms with van der Waals surface area (Å²) in [5.41, 5.74) is 1.09. The van der Waals surface area contributed by atoms with Crippen LogP contribution in [0.4, 0.5) is 0 Å². The van der Waals surface area contributed by atoms with Gasteiger partial charge in [-0.2, -0.15) is 5.10 Å². The first-order valence-corrected chi connectivity index (χ1v) is 7.99. The third-order valence-electron chi connectivity index (χ3n) is 3.58. The quantitative estimate of drug-likeness (QED) is 0.726. The highest BCUT2D eigenvalue weighted by Gasteiger charge is 2.19. The molecule has 0 radical (unpaired) electrons. The molecule has 2 heterocycles. The summed E-state index contributed by atoms with van der Waals surface area (Å²) >= 11 is 6.16. The van der Waals surface area contributed by atoms with Crippen LogP contribution < -0.4 is 10.3 Å². The molecule has 0 amide bonds. The average Bonchev–Trinajstić information content (AvgIpc) is 2.55. The Balaban J connectivity index is 1.83. The summed E-state index contributed by atoms with van der Waals surface area (Å²) in [6, 6.07) is 9.75. The van der Waals surface area contributed by atoms with Gasteiger partial charge in [0.05, 0.1) is 17.3 Å². The maximum Gasteiger partial charge on any atom is 0.289 e. The molecule has 2 aromatic heterocycles. The number of rotatable bonds is 3. The van der Waals surface area contributed by atoms with Gasteiger partial charge in [-0.1, -0.05) is 23.7 Å². The van der Waals surface area contributed by atoms with Crippen molar-refractivity contribution in [2.45, 2.75) is 32.9 Å². The normalized spacial score (nSPS) is 11.7. The van der Waals surface area contributed by atoms with Crippen LogP contribution in [-0.4, -0.2) is 14.8 Å². The molecule has 0 saturated heterocycles.